The van der Waals surface area contributed by atoms with Gasteiger partial charge in [-0.25, -0.2) is 0 Å². The molecule has 0 spiro atoms. The van der Waals surface area contributed by atoms with Crippen molar-refractivity contribution in [1.29, 1.82) is 0 Å². The lowest BCUT2D eigenvalue weighted by atomic mass is 9.65. The maximum absolute atomic E-state index is 10.7. The van der Waals surface area contributed by atoms with Gasteiger partial charge in [0, 0.05) is 29.1 Å². The Hall–Kier alpha value is -3.27. The quantitative estimate of drug-likeness (QED) is 0.549. The number of rotatable bonds is 1. The van der Waals surface area contributed by atoms with Crippen molar-refractivity contribution in [3.8, 4) is 5.75 Å². The van der Waals surface area contributed by atoms with E-state index < -0.39 is 5.66 Å². The van der Waals surface area contributed by atoms with Gasteiger partial charge in [0.25, 0.3) is 0 Å². The average molecular weight is 367 g/mol. The van der Waals surface area contributed by atoms with Crippen LogP contribution in [-0.2, 0) is 11.1 Å². The van der Waals surface area contributed by atoms with Crippen molar-refractivity contribution in [2.75, 3.05) is 10.6 Å². The molecule has 0 saturated heterocycles. The standard InChI is InChI=1S/C24H21N3O/c1-2-15-14-23-16-8-3-5-11-19(16)26-24(23,27-20-12-6-4-9-17(20)23)18-10-7-13-21(28)22(18)25-15/h3-13,26-28H,2,14H2,1H3. The third kappa shape index (κ3) is 1.65. The van der Waals surface area contributed by atoms with Gasteiger partial charge in [-0.2, -0.15) is 0 Å². The summed E-state index contributed by atoms with van der Waals surface area (Å²) in [4.78, 5) is 4.94. The molecule has 0 amide bonds. The van der Waals surface area contributed by atoms with Crippen LogP contribution in [0, 0.1) is 0 Å². The molecule has 4 nitrogen and oxygen atoms in total. The molecule has 0 atom stereocenters. The first kappa shape index (κ1) is 15.8. The lowest BCUT2D eigenvalue weighted by Crippen LogP contribution is -2.52. The molecule has 0 aliphatic carbocycles. The fourth-order valence-electron chi connectivity index (χ4n) is 5.47. The third-order valence-corrected chi connectivity index (χ3v) is 6.62. The summed E-state index contributed by atoms with van der Waals surface area (Å²) in [7, 11) is 0. The number of para-hydroxylation sites is 3. The molecule has 3 aromatic carbocycles. The second kappa shape index (κ2) is 5.16. The topological polar surface area (TPSA) is 56.7 Å². The molecule has 0 saturated carbocycles. The van der Waals surface area contributed by atoms with Crippen LogP contribution in [0.3, 0.4) is 0 Å². The van der Waals surface area contributed by atoms with Gasteiger partial charge < -0.3 is 15.7 Å². The molecule has 0 radical (unpaired) electrons. The summed E-state index contributed by atoms with van der Waals surface area (Å²) in [6.45, 7) is 2.14. The zero-order chi connectivity index (χ0) is 18.9. The first-order valence-electron chi connectivity index (χ1n) is 9.84. The second-order valence-corrected chi connectivity index (χ2v) is 7.88. The number of anilines is 2. The Bertz CT molecular complexity index is 1110. The van der Waals surface area contributed by atoms with Crippen molar-refractivity contribution in [2.45, 2.75) is 30.8 Å². The molecule has 3 heterocycles. The molecule has 0 bridgehead atoms. The Labute approximate surface area is 164 Å². The largest absolute Gasteiger partial charge is 0.506 e. The Kier molecular flexibility index (Phi) is 2.91. The SMILES string of the molecule is CCC1=Nc2c(O)cccc2C23Nc4ccccc4C2(C1)c1ccccc1N3. The highest BCUT2D eigenvalue weighted by atomic mass is 16.3. The molecular formula is C24H21N3O. The van der Waals surface area contributed by atoms with Gasteiger partial charge in [0.15, 0.2) is 5.66 Å². The van der Waals surface area contributed by atoms with E-state index in [1.54, 1.807) is 6.07 Å². The van der Waals surface area contributed by atoms with Crippen molar-refractivity contribution in [1.82, 2.24) is 0 Å². The molecule has 3 N–H and O–H groups in total. The lowest BCUT2D eigenvalue weighted by molar-refractivity contribution is 0.387. The number of fused-ring (bicyclic) bond motifs is 3. The van der Waals surface area contributed by atoms with Gasteiger partial charge in [0.1, 0.15) is 11.4 Å². The number of nitrogens with zero attached hydrogens (tertiary/aromatic N) is 1. The zero-order valence-electron chi connectivity index (χ0n) is 15.7. The van der Waals surface area contributed by atoms with Gasteiger partial charge in [0.2, 0.25) is 0 Å². The Morgan fingerprint density at radius 1 is 0.857 bits per heavy atom. The summed E-state index contributed by atoms with van der Waals surface area (Å²) in [6.07, 6.45) is 1.64. The van der Waals surface area contributed by atoms with Crippen molar-refractivity contribution < 1.29 is 5.11 Å². The van der Waals surface area contributed by atoms with Crippen LogP contribution in [0.4, 0.5) is 17.1 Å². The van der Waals surface area contributed by atoms with Gasteiger partial charge in [-0.15, -0.1) is 0 Å². The highest BCUT2D eigenvalue weighted by Crippen LogP contribution is 2.66. The van der Waals surface area contributed by atoms with Crippen LogP contribution in [0.15, 0.2) is 71.7 Å². The first-order valence-corrected chi connectivity index (χ1v) is 9.84. The Balaban J connectivity index is 1.79. The highest BCUT2D eigenvalue weighted by Gasteiger charge is 2.65. The van der Waals surface area contributed by atoms with E-state index in [0.29, 0.717) is 5.69 Å². The number of phenolic OH excluding ortho intramolecular Hbond substituents is 1. The molecule has 0 fully saturated rings. The maximum atomic E-state index is 10.7. The monoisotopic (exact) mass is 367 g/mol. The smallest absolute Gasteiger partial charge is 0.151 e. The zero-order valence-corrected chi connectivity index (χ0v) is 15.7. The normalized spacial score (nSPS) is 25.8. The summed E-state index contributed by atoms with van der Waals surface area (Å²) in [5.74, 6) is 0.226. The van der Waals surface area contributed by atoms with Crippen LogP contribution < -0.4 is 10.6 Å². The molecular weight excluding hydrogens is 346 g/mol. The highest BCUT2D eigenvalue weighted by molar-refractivity contribution is 5.96. The van der Waals surface area contributed by atoms with Crippen LogP contribution in [0.1, 0.15) is 36.5 Å². The first-order chi connectivity index (χ1) is 13.7. The molecule has 3 aliphatic rings. The van der Waals surface area contributed by atoms with E-state index in [-0.39, 0.29) is 11.2 Å². The molecule has 28 heavy (non-hydrogen) atoms. The van der Waals surface area contributed by atoms with Gasteiger partial charge in [-0.1, -0.05) is 55.5 Å². The van der Waals surface area contributed by atoms with E-state index in [9.17, 15) is 5.11 Å². The van der Waals surface area contributed by atoms with E-state index >= 15 is 0 Å². The van der Waals surface area contributed by atoms with Crippen LogP contribution in [0.25, 0.3) is 0 Å². The molecule has 0 unspecified atom stereocenters. The summed E-state index contributed by atoms with van der Waals surface area (Å²) >= 11 is 0. The average Bonchev–Trinajstić information content (AvgIpc) is 3.10. The number of nitrogens with one attached hydrogen (secondary N) is 2. The van der Waals surface area contributed by atoms with E-state index in [4.69, 9.17) is 4.99 Å². The van der Waals surface area contributed by atoms with Crippen molar-refractivity contribution in [3.05, 3.63) is 83.4 Å². The number of phenols is 1. The van der Waals surface area contributed by atoms with E-state index in [0.717, 1.165) is 35.5 Å². The molecule has 3 aliphatic heterocycles. The minimum Gasteiger partial charge on any atom is -0.506 e. The second-order valence-electron chi connectivity index (χ2n) is 7.88. The van der Waals surface area contributed by atoms with E-state index in [1.807, 2.05) is 6.07 Å². The van der Waals surface area contributed by atoms with Gasteiger partial charge in [-0.3, -0.25) is 4.99 Å². The third-order valence-electron chi connectivity index (χ3n) is 6.62. The Morgan fingerprint density at radius 3 is 2.11 bits per heavy atom. The summed E-state index contributed by atoms with van der Waals surface area (Å²) in [5, 5.41) is 18.3. The van der Waals surface area contributed by atoms with Crippen LogP contribution in [-0.4, -0.2) is 10.8 Å². The molecule has 0 aromatic heterocycles. The van der Waals surface area contributed by atoms with Crippen molar-refractivity contribution in [3.63, 3.8) is 0 Å². The Morgan fingerprint density at radius 2 is 1.46 bits per heavy atom. The summed E-state index contributed by atoms with van der Waals surface area (Å²) < 4.78 is 0. The van der Waals surface area contributed by atoms with E-state index in [1.165, 1.54) is 11.1 Å². The van der Waals surface area contributed by atoms with Crippen LogP contribution in [0.5, 0.6) is 5.75 Å². The van der Waals surface area contributed by atoms with Gasteiger partial charge >= 0.3 is 0 Å². The predicted octanol–water partition coefficient (Wildman–Crippen LogP) is 5.27. The number of aromatic hydroxyl groups is 1. The molecule has 3 aromatic rings. The number of hydrogen-bond acceptors (Lipinski definition) is 4. The maximum Gasteiger partial charge on any atom is 0.151 e. The fourth-order valence-corrected chi connectivity index (χ4v) is 5.47. The number of aliphatic imine (C=N–C) groups is 1. The number of hydrogen-bond donors (Lipinski definition) is 3. The minimum absolute atomic E-state index is 0.226. The summed E-state index contributed by atoms with van der Waals surface area (Å²) in [6, 6.07) is 22.9. The summed E-state index contributed by atoms with van der Waals surface area (Å²) in [5.41, 5.74) is 6.68. The predicted molar refractivity (Wildman–Crippen MR) is 113 cm³/mol. The van der Waals surface area contributed by atoms with Gasteiger partial charge in [-0.05, 0) is 35.7 Å². The van der Waals surface area contributed by atoms with Crippen LogP contribution in [0.2, 0.25) is 0 Å². The molecule has 6 rings (SSSR count). The van der Waals surface area contributed by atoms with Crippen molar-refractivity contribution >= 4 is 22.8 Å². The number of benzene rings is 3. The van der Waals surface area contributed by atoms with E-state index in [2.05, 4.69) is 72.2 Å². The van der Waals surface area contributed by atoms with Crippen LogP contribution >= 0.6 is 0 Å². The minimum atomic E-state index is -0.588. The van der Waals surface area contributed by atoms with Crippen molar-refractivity contribution in [2.24, 2.45) is 4.99 Å². The van der Waals surface area contributed by atoms with Gasteiger partial charge in [0.05, 0.1) is 5.41 Å². The fraction of sp³-hybridized carbons (Fsp3) is 0.208. The molecule has 4 heteroatoms. The molecule has 138 valence electrons. The lowest BCUT2D eigenvalue weighted by Gasteiger charge is -2.41.